The molecule has 7 nitrogen and oxygen atoms in total. The third-order valence-corrected chi connectivity index (χ3v) is 5.07. The summed E-state index contributed by atoms with van der Waals surface area (Å²) in [5, 5.41) is 3.47. The van der Waals surface area contributed by atoms with Crippen molar-refractivity contribution < 1.29 is 9.53 Å². The zero-order valence-corrected chi connectivity index (χ0v) is 14.9. The van der Waals surface area contributed by atoms with E-state index in [1.54, 1.807) is 10.6 Å². The van der Waals surface area contributed by atoms with E-state index in [0.29, 0.717) is 36.3 Å². The zero-order valence-electron chi connectivity index (χ0n) is 14.9. The van der Waals surface area contributed by atoms with Crippen LogP contribution in [0.2, 0.25) is 0 Å². The maximum Gasteiger partial charge on any atom is 0.261 e. The van der Waals surface area contributed by atoms with Crippen LogP contribution in [0.25, 0.3) is 10.9 Å². The van der Waals surface area contributed by atoms with Crippen molar-refractivity contribution in [1.29, 1.82) is 0 Å². The van der Waals surface area contributed by atoms with E-state index in [4.69, 9.17) is 4.74 Å². The van der Waals surface area contributed by atoms with Gasteiger partial charge in [-0.15, -0.1) is 0 Å². The summed E-state index contributed by atoms with van der Waals surface area (Å²) in [5.74, 6) is 0.804. The van der Waals surface area contributed by atoms with Crippen LogP contribution in [0, 0.1) is 0 Å². The largest absolute Gasteiger partial charge is 0.379 e. The molecule has 26 heavy (non-hydrogen) atoms. The van der Waals surface area contributed by atoms with Crippen LogP contribution in [0.1, 0.15) is 25.1 Å². The topological polar surface area (TPSA) is 76.5 Å². The highest BCUT2D eigenvalue weighted by atomic mass is 16.5. The van der Waals surface area contributed by atoms with Gasteiger partial charge in [-0.25, -0.2) is 4.98 Å². The van der Waals surface area contributed by atoms with Crippen LogP contribution in [0.15, 0.2) is 23.0 Å². The van der Waals surface area contributed by atoms with E-state index >= 15 is 0 Å². The Bertz CT molecular complexity index is 871. The minimum absolute atomic E-state index is 0.00354. The number of hydrogen-bond acceptors (Lipinski definition) is 5. The lowest BCUT2D eigenvalue weighted by molar-refractivity contribution is -0.118. The molecule has 0 saturated carbocycles. The number of hydrogen-bond donors (Lipinski definition) is 1. The summed E-state index contributed by atoms with van der Waals surface area (Å²) in [6.07, 6.45) is 4.06. The lowest BCUT2D eigenvalue weighted by atomic mass is 10.2. The summed E-state index contributed by atoms with van der Waals surface area (Å²) in [6, 6.07) is 5.40. The molecule has 0 aliphatic carbocycles. The average Bonchev–Trinajstić information content (AvgIpc) is 2.89. The zero-order chi connectivity index (χ0) is 17.9. The molecule has 0 atom stereocenters. The summed E-state index contributed by atoms with van der Waals surface area (Å²) in [7, 11) is 0. The van der Waals surface area contributed by atoms with E-state index in [9.17, 15) is 9.59 Å². The molecule has 1 fully saturated rings. The fourth-order valence-electron chi connectivity index (χ4n) is 3.66. The molecule has 0 radical (unpaired) electrons. The fraction of sp³-hybridized carbons (Fsp3) is 0.526. The van der Waals surface area contributed by atoms with Crippen molar-refractivity contribution in [2.75, 3.05) is 38.2 Å². The lowest BCUT2D eigenvalue weighted by Crippen LogP contribution is -2.41. The summed E-state index contributed by atoms with van der Waals surface area (Å²) in [4.78, 5) is 31.9. The summed E-state index contributed by atoms with van der Waals surface area (Å²) in [5.41, 5.74) is 1.34. The molecule has 2 aromatic rings. The van der Waals surface area contributed by atoms with Crippen LogP contribution in [0.5, 0.6) is 0 Å². The Labute approximate surface area is 152 Å². The predicted octanol–water partition coefficient (Wildman–Crippen LogP) is 1.39. The van der Waals surface area contributed by atoms with Crippen LogP contribution in [-0.2, 0) is 22.5 Å². The summed E-state index contributed by atoms with van der Waals surface area (Å²) >= 11 is 0. The second-order valence-corrected chi connectivity index (χ2v) is 6.96. The first-order valence-electron chi connectivity index (χ1n) is 9.34. The van der Waals surface area contributed by atoms with Gasteiger partial charge in [-0.2, -0.15) is 0 Å². The number of ether oxygens (including phenoxy) is 1. The maximum atomic E-state index is 12.9. The van der Waals surface area contributed by atoms with Gasteiger partial charge >= 0.3 is 0 Å². The van der Waals surface area contributed by atoms with Gasteiger partial charge in [-0.3, -0.25) is 19.1 Å². The van der Waals surface area contributed by atoms with E-state index < -0.39 is 0 Å². The third-order valence-electron chi connectivity index (χ3n) is 5.07. The molecular weight excluding hydrogens is 332 g/mol. The molecule has 1 amide bonds. The van der Waals surface area contributed by atoms with Gasteiger partial charge in [0.2, 0.25) is 5.91 Å². The Morgan fingerprint density at radius 1 is 1.15 bits per heavy atom. The summed E-state index contributed by atoms with van der Waals surface area (Å²) < 4.78 is 7.10. The number of benzene rings is 1. The number of aryl methyl sites for hydroxylation is 1. The number of amides is 1. The molecular formula is C19H24N4O3. The normalized spacial score (nSPS) is 18.3. The van der Waals surface area contributed by atoms with Crippen LogP contribution < -0.4 is 10.9 Å². The monoisotopic (exact) mass is 356 g/mol. The Morgan fingerprint density at radius 3 is 2.85 bits per heavy atom. The first-order valence-corrected chi connectivity index (χ1v) is 9.34. The van der Waals surface area contributed by atoms with Crippen LogP contribution in [0.4, 0.5) is 5.69 Å². The van der Waals surface area contributed by atoms with Crippen LogP contribution in [0.3, 0.4) is 0 Å². The van der Waals surface area contributed by atoms with E-state index in [2.05, 4.69) is 15.2 Å². The minimum atomic E-state index is -0.0749. The molecule has 138 valence electrons. The average molecular weight is 356 g/mol. The van der Waals surface area contributed by atoms with Crippen molar-refractivity contribution in [3.8, 4) is 0 Å². The molecule has 1 saturated heterocycles. The lowest BCUT2D eigenvalue weighted by Gasteiger charge is -2.25. The molecule has 1 aromatic carbocycles. The number of anilines is 1. The highest BCUT2D eigenvalue weighted by molar-refractivity contribution is 5.94. The molecule has 0 bridgehead atoms. The van der Waals surface area contributed by atoms with Gasteiger partial charge in [0.05, 0.1) is 30.7 Å². The van der Waals surface area contributed by atoms with Crippen molar-refractivity contribution in [1.82, 2.24) is 14.5 Å². The molecule has 7 heteroatoms. The first kappa shape index (κ1) is 17.2. The third kappa shape index (κ3) is 3.64. The fourth-order valence-corrected chi connectivity index (χ4v) is 3.66. The number of rotatable bonds is 3. The quantitative estimate of drug-likeness (QED) is 0.899. The van der Waals surface area contributed by atoms with E-state index in [0.717, 1.165) is 51.1 Å². The number of nitrogens with zero attached hydrogens (tertiary/aromatic N) is 3. The second-order valence-electron chi connectivity index (χ2n) is 6.96. The standard InChI is InChI=1S/C19H24N4O3/c24-18(13-22-8-10-26-11-9-22)20-14-5-6-16-15(12-14)19(25)23-7-3-1-2-4-17(23)21-16/h5-6,12H,1-4,7-11,13H2,(H,20,24). The number of nitrogens with one attached hydrogen (secondary N) is 1. The molecule has 0 spiro atoms. The SMILES string of the molecule is O=C(CN1CCOCC1)Nc1ccc2nc3n(c(=O)c2c1)CCCCC3. The Hall–Kier alpha value is -2.25. The minimum Gasteiger partial charge on any atom is -0.379 e. The van der Waals surface area contributed by atoms with Crippen molar-refractivity contribution in [3.05, 3.63) is 34.4 Å². The van der Waals surface area contributed by atoms with Gasteiger partial charge in [0.25, 0.3) is 5.56 Å². The maximum absolute atomic E-state index is 12.9. The highest BCUT2D eigenvalue weighted by Gasteiger charge is 2.16. The van der Waals surface area contributed by atoms with Gasteiger partial charge in [-0.05, 0) is 31.0 Å². The van der Waals surface area contributed by atoms with Gasteiger partial charge in [0.1, 0.15) is 5.82 Å². The van der Waals surface area contributed by atoms with Gasteiger partial charge in [0, 0.05) is 31.7 Å². The van der Waals surface area contributed by atoms with Crippen LogP contribution in [-0.4, -0.2) is 53.2 Å². The van der Waals surface area contributed by atoms with E-state index in [1.807, 2.05) is 12.1 Å². The summed E-state index contributed by atoms with van der Waals surface area (Å²) in [6.45, 7) is 3.92. The van der Waals surface area contributed by atoms with Crippen molar-refractivity contribution in [2.45, 2.75) is 32.2 Å². The Morgan fingerprint density at radius 2 is 2.00 bits per heavy atom. The highest BCUT2D eigenvalue weighted by Crippen LogP contribution is 2.18. The molecule has 1 N–H and O–H groups in total. The van der Waals surface area contributed by atoms with Crippen molar-refractivity contribution in [3.63, 3.8) is 0 Å². The molecule has 1 aromatic heterocycles. The van der Waals surface area contributed by atoms with Crippen molar-refractivity contribution in [2.24, 2.45) is 0 Å². The number of aromatic nitrogens is 2. The van der Waals surface area contributed by atoms with Crippen molar-refractivity contribution >= 4 is 22.5 Å². The number of fused-ring (bicyclic) bond motifs is 2. The van der Waals surface area contributed by atoms with Gasteiger partial charge < -0.3 is 10.1 Å². The second kappa shape index (κ2) is 7.55. The van der Waals surface area contributed by atoms with Gasteiger partial charge in [-0.1, -0.05) is 6.42 Å². The molecule has 2 aliphatic rings. The number of carbonyl (C=O) groups is 1. The van der Waals surface area contributed by atoms with E-state index in [1.165, 1.54) is 0 Å². The molecule has 0 unspecified atom stereocenters. The number of carbonyl (C=O) groups excluding carboxylic acids is 1. The number of morpholine rings is 1. The van der Waals surface area contributed by atoms with Gasteiger partial charge in [0.15, 0.2) is 0 Å². The Kier molecular flexibility index (Phi) is 4.99. The van der Waals surface area contributed by atoms with Crippen LogP contribution >= 0.6 is 0 Å². The molecule has 3 heterocycles. The molecule has 4 rings (SSSR count). The van der Waals surface area contributed by atoms with E-state index in [-0.39, 0.29) is 11.5 Å². The Balaban J connectivity index is 1.56. The first-order chi connectivity index (χ1) is 12.7. The smallest absolute Gasteiger partial charge is 0.261 e. The predicted molar refractivity (Wildman–Crippen MR) is 99.4 cm³/mol. The molecule has 2 aliphatic heterocycles.